The number of H-pyrrole nitrogens is 1. The predicted molar refractivity (Wildman–Crippen MR) is 85.0 cm³/mol. The second-order valence-corrected chi connectivity index (χ2v) is 4.93. The van der Waals surface area contributed by atoms with Gasteiger partial charge < -0.3 is 9.72 Å². The van der Waals surface area contributed by atoms with E-state index in [1.165, 1.54) is 30.6 Å². The maximum atomic E-state index is 14.6. The molecular weight excluding hydrogens is 336 g/mol. The van der Waals surface area contributed by atoms with E-state index in [2.05, 4.69) is 14.7 Å². The fraction of sp³-hybridized carbons (Fsp3) is 0.0556. The number of halogens is 4. The van der Waals surface area contributed by atoms with Gasteiger partial charge in [0.2, 0.25) is 11.6 Å². The van der Waals surface area contributed by atoms with Gasteiger partial charge >= 0.3 is 0 Å². The number of ether oxygens (including phenoxy) is 1. The highest BCUT2D eigenvalue weighted by Gasteiger charge is 2.30. The number of rotatable bonds is 4. The van der Waals surface area contributed by atoms with Crippen LogP contribution in [0.15, 0.2) is 41.2 Å². The van der Waals surface area contributed by atoms with Gasteiger partial charge in [0.05, 0.1) is 11.3 Å². The molecule has 7 heteroatoms. The molecule has 25 heavy (non-hydrogen) atoms. The third-order valence-corrected chi connectivity index (χ3v) is 3.45. The van der Waals surface area contributed by atoms with E-state index >= 15 is 0 Å². The molecule has 126 valence electrons. The van der Waals surface area contributed by atoms with Gasteiger partial charge in [-0.3, -0.25) is 4.99 Å². The Kier molecular flexibility index (Phi) is 4.44. The number of terminal acetylenes is 1. The third-order valence-electron chi connectivity index (χ3n) is 3.45. The Morgan fingerprint density at radius 3 is 2.40 bits per heavy atom. The van der Waals surface area contributed by atoms with Crippen LogP contribution in [0.3, 0.4) is 0 Å². The fourth-order valence-corrected chi connectivity index (χ4v) is 2.41. The Bertz CT molecular complexity index is 907. The molecule has 3 nitrogen and oxygen atoms in total. The first kappa shape index (κ1) is 16.6. The molecule has 0 bridgehead atoms. The quantitative estimate of drug-likeness (QED) is 0.507. The van der Waals surface area contributed by atoms with Crippen LogP contribution in [0.25, 0.3) is 5.57 Å². The van der Waals surface area contributed by atoms with Gasteiger partial charge in [0, 0.05) is 23.7 Å². The molecule has 0 saturated carbocycles. The van der Waals surface area contributed by atoms with E-state index in [-0.39, 0.29) is 17.0 Å². The highest BCUT2D eigenvalue weighted by Crippen LogP contribution is 2.38. The molecule has 1 aromatic carbocycles. The first-order valence-electron chi connectivity index (χ1n) is 7.07. The second-order valence-electron chi connectivity index (χ2n) is 4.93. The lowest BCUT2D eigenvalue weighted by atomic mass is 9.98. The van der Waals surface area contributed by atoms with E-state index in [0.29, 0.717) is 0 Å². The van der Waals surface area contributed by atoms with Crippen molar-refractivity contribution < 1.29 is 22.3 Å². The maximum absolute atomic E-state index is 14.6. The topological polar surface area (TPSA) is 37.4 Å². The number of nitrogens with one attached hydrogen (secondary N) is 1. The van der Waals surface area contributed by atoms with E-state index in [1.54, 1.807) is 6.07 Å². The lowest BCUT2D eigenvalue weighted by Gasteiger charge is -2.14. The van der Waals surface area contributed by atoms with Crippen molar-refractivity contribution in [3.05, 3.63) is 70.7 Å². The molecule has 3 rings (SSSR count). The Hall–Kier alpha value is -3.27. The van der Waals surface area contributed by atoms with Gasteiger partial charge in [0.25, 0.3) is 0 Å². The zero-order chi connectivity index (χ0) is 18.0. The number of nitrogens with zero attached hydrogens (tertiary/aromatic N) is 1. The van der Waals surface area contributed by atoms with Crippen LogP contribution in [-0.4, -0.2) is 17.8 Å². The van der Waals surface area contributed by atoms with Crippen LogP contribution in [0, 0.1) is 35.6 Å². The van der Waals surface area contributed by atoms with Crippen LogP contribution < -0.4 is 4.74 Å². The number of aliphatic imine (C=N–C) groups is 1. The molecule has 1 aromatic heterocycles. The summed E-state index contributed by atoms with van der Waals surface area (Å²) in [6, 6.07) is 3.08. The second kappa shape index (κ2) is 6.69. The van der Waals surface area contributed by atoms with Crippen molar-refractivity contribution in [2.24, 2.45) is 4.99 Å². The molecule has 0 radical (unpaired) electrons. The molecule has 0 unspecified atom stereocenters. The van der Waals surface area contributed by atoms with Crippen molar-refractivity contribution in [2.75, 3.05) is 6.61 Å². The SMILES string of the molecule is C#CCOc1c(F)c(F)c(C(=C2C=CC=N2)c2ccc[nH]2)c(F)c1F. The summed E-state index contributed by atoms with van der Waals surface area (Å²) in [6.07, 6.45) is 10.8. The molecule has 0 spiro atoms. The zero-order valence-corrected chi connectivity index (χ0v) is 12.6. The van der Waals surface area contributed by atoms with E-state index in [4.69, 9.17) is 6.42 Å². The number of benzene rings is 1. The molecule has 2 heterocycles. The number of hydrogen-bond acceptors (Lipinski definition) is 2. The summed E-state index contributed by atoms with van der Waals surface area (Å²) in [7, 11) is 0. The Morgan fingerprint density at radius 2 is 1.88 bits per heavy atom. The van der Waals surface area contributed by atoms with Crippen molar-refractivity contribution in [3.63, 3.8) is 0 Å². The monoisotopic (exact) mass is 346 g/mol. The van der Waals surface area contributed by atoms with Crippen LogP contribution in [0.4, 0.5) is 17.6 Å². The number of aromatic nitrogens is 1. The molecule has 0 aliphatic carbocycles. The average Bonchev–Trinajstić information content (AvgIpc) is 3.31. The first-order chi connectivity index (χ1) is 12.1. The summed E-state index contributed by atoms with van der Waals surface area (Å²) in [4.78, 5) is 6.72. The summed E-state index contributed by atoms with van der Waals surface area (Å²) in [5.41, 5.74) is -0.612. The molecule has 1 aliphatic heterocycles. The molecule has 0 amide bonds. The molecular formula is C18H10F4N2O. The van der Waals surface area contributed by atoms with Gasteiger partial charge in [-0.25, -0.2) is 8.78 Å². The minimum Gasteiger partial charge on any atom is -0.475 e. The smallest absolute Gasteiger partial charge is 0.204 e. The molecule has 0 atom stereocenters. The summed E-state index contributed by atoms with van der Waals surface area (Å²) < 4.78 is 62.3. The van der Waals surface area contributed by atoms with Crippen molar-refractivity contribution in [3.8, 4) is 18.1 Å². The van der Waals surface area contributed by atoms with E-state index in [9.17, 15) is 17.6 Å². The third kappa shape index (κ3) is 2.83. The normalized spacial score (nSPS) is 14.7. The van der Waals surface area contributed by atoms with Crippen molar-refractivity contribution in [1.29, 1.82) is 0 Å². The highest BCUT2D eigenvalue weighted by molar-refractivity contribution is 5.88. The summed E-state index contributed by atoms with van der Waals surface area (Å²) in [6.45, 7) is -0.538. The zero-order valence-electron chi connectivity index (χ0n) is 12.6. The molecule has 1 N–H and O–H groups in total. The van der Waals surface area contributed by atoms with Crippen LogP contribution in [0.5, 0.6) is 5.75 Å². The highest BCUT2D eigenvalue weighted by atomic mass is 19.2. The maximum Gasteiger partial charge on any atom is 0.204 e. The molecule has 0 fully saturated rings. The Labute approximate surface area is 140 Å². The molecule has 2 aromatic rings. The lowest BCUT2D eigenvalue weighted by molar-refractivity contribution is 0.305. The molecule has 1 aliphatic rings. The van der Waals surface area contributed by atoms with E-state index in [1.807, 2.05) is 5.92 Å². The molecule has 0 saturated heterocycles. The van der Waals surface area contributed by atoms with Crippen molar-refractivity contribution in [2.45, 2.75) is 0 Å². The van der Waals surface area contributed by atoms with Crippen molar-refractivity contribution >= 4 is 11.8 Å². The lowest BCUT2D eigenvalue weighted by Crippen LogP contribution is -2.09. The fourth-order valence-electron chi connectivity index (χ4n) is 2.41. The summed E-state index contributed by atoms with van der Waals surface area (Å²) in [5, 5.41) is 0. The van der Waals surface area contributed by atoms with Gasteiger partial charge in [0.1, 0.15) is 6.61 Å². The van der Waals surface area contributed by atoms with Crippen LogP contribution in [-0.2, 0) is 0 Å². The minimum absolute atomic E-state index is 0.119. The van der Waals surface area contributed by atoms with Crippen LogP contribution in [0.1, 0.15) is 11.3 Å². The Morgan fingerprint density at radius 1 is 1.16 bits per heavy atom. The van der Waals surface area contributed by atoms with E-state index in [0.717, 1.165) is 0 Å². The Balaban J connectivity index is 2.29. The van der Waals surface area contributed by atoms with E-state index < -0.39 is 41.2 Å². The minimum atomic E-state index is -1.67. The predicted octanol–water partition coefficient (Wildman–Crippen LogP) is 3.98. The van der Waals surface area contributed by atoms with Gasteiger partial charge in [0.15, 0.2) is 17.4 Å². The average molecular weight is 346 g/mol. The summed E-state index contributed by atoms with van der Waals surface area (Å²) >= 11 is 0. The summed E-state index contributed by atoms with van der Waals surface area (Å²) in [5.74, 6) is -5.76. The van der Waals surface area contributed by atoms with Crippen LogP contribution >= 0.6 is 0 Å². The van der Waals surface area contributed by atoms with Gasteiger partial charge in [-0.2, -0.15) is 8.78 Å². The largest absolute Gasteiger partial charge is 0.475 e. The van der Waals surface area contributed by atoms with Gasteiger partial charge in [-0.05, 0) is 24.3 Å². The van der Waals surface area contributed by atoms with Crippen molar-refractivity contribution in [1.82, 2.24) is 4.98 Å². The van der Waals surface area contributed by atoms with Gasteiger partial charge in [-0.15, -0.1) is 6.42 Å². The first-order valence-corrected chi connectivity index (χ1v) is 7.07. The number of allylic oxidation sites excluding steroid dienone is 2. The number of hydrogen-bond donors (Lipinski definition) is 1. The van der Waals surface area contributed by atoms with Crippen LogP contribution in [0.2, 0.25) is 0 Å². The standard InChI is InChI=1S/C18H10F4N2O/c1-2-9-25-18-16(21)14(19)13(15(20)17(18)22)12(10-5-3-7-23-10)11-6-4-8-24-11/h1,3-8,23H,9H2. The van der Waals surface area contributed by atoms with Gasteiger partial charge in [-0.1, -0.05) is 5.92 Å². The number of aromatic amines is 1.